The topological polar surface area (TPSA) is 45.9 Å². The van der Waals surface area contributed by atoms with E-state index in [0.29, 0.717) is 11.8 Å². The number of aromatic nitrogens is 1. The number of nitriles is 1. The van der Waals surface area contributed by atoms with Gasteiger partial charge in [0.1, 0.15) is 11.8 Å². The van der Waals surface area contributed by atoms with E-state index < -0.39 is 0 Å². The highest BCUT2D eigenvalue weighted by Gasteiger charge is 2.25. The molecular weight excluding hydrogens is 196 g/mol. The highest BCUT2D eigenvalue weighted by molar-refractivity contribution is 7.98. The molecule has 0 bridgehead atoms. The summed E-state index contributed by atoms with van der Waals surface area (Å²) in [6.45, 7) is 0. The van der Waals surface area contributed by atoms with E-state index in [1.165, 1.54) is 11.8 Å². The summed E-state index contributed by atoms with van der Waals surface area (Å²) in [5, 5.41) is 8.84. The van der Waals surface area contributed by atoms with Crippen LogP contribution < -0.4 is 4.74 Å². The molecule has 1 aromatic rings. The van der Waals surface area contributed by atoms with Gasteiger partial charge >= 0.3 is 0 Å². The first-order valence-corrected chi connectivity index (χ1v) is 5.67. The Kier molecular flexibility index (Phi) is 2.60. The molecule has 1 fully saturated rings. The van der Waals surface area contributed by atoms with Crippen LogP contribution in [0.25, 0.3) is 0 Å². The number of pyridine rings is 1. The Morgan fingerprint density at radius 1 is 1.64 bits per heavy atom. The zero-order chi connectivity index (χ0) is 9.97. The highest BCUT2D eigenvalue weighted by atomic mass is 32.2. The van der Waals surface area contributed by atoms with Crippen molar-refractivity contribution in [3.63, 3.8) is 0 Å². The van der Waals surface area contributed by atoms with E-state index in [1.807, 2.05) is 12.3 Å². The molecule has 0 atom stereocenters. The Bertz CT molecular complexity index is 382. The van der Waals surface area contributed by atoms with E-state index in [2.05, 4.69) is 11.1 Å². The summed E-state index contributed by atoms with van der Waals surface area (Å²) in [6, 6.07) is 3.89. The lowest BCUT2D eigenvalue weighted by Crippen LogP contribution is -1.99. The van der Waals surface area contributed by atoms with Crippen LogP contribution in [0.3, 0.4) is 0 Å². The smallest absolute Gasteiger partial charge is 0.157 e. The number of hydrogen-bond donors (Lipinski definition) is 0. The molecule has 0 aliphatic heterocycles. The lowest BCUT2D eigenvalue weighted by molar-refractivity contribution is 0.295. The van der Waals surface area contributed by atoms with E-state index in [1.54, 1.807) is 6.20 Å². The van der Waals surface area contributed by atoms with Gasteiger partial charge < -0.3 is 4.74 Å². The van der Waals surface area contributed by atoms with Crippen LogP contribution in [0, 0.1) is 11.3 Å². The first-order chi connectivity index (χ1) is 6.85. The Hall–Kier alpha value is -1.21. The van der Waals surface area contributed by atoms with Crippen molar-refractivity contribution in [3.8, 4) is 11.8 Å². The number of hydrogen-bond acceptors (Lipinski definition) is 4. The average Bonchev–Trinajstić information content (AvgIpc) is 3.01. The maximum Gasteiger partial charge on any atom is 0.157 e. The Balaban J connectivity index is 2.32. The molecule has 0 radical (unpaired) electrons. The van der Waals surface area contributed by atoms with Gasteiger partial charge in [-0.15, -0.1) is 11.8 Å². The first kappa shape index (κ1) is 9.35. The molecule has 4 heteroatoms. The van der Waals surface area contributed by atoms with Crippen LogP contribution in [-0.2, 0) is 0 Å². The minimum absolute atomic E-state index is 0.356. The fourth-order valence-electron chi connectivity index (χ4n) is 1.17. The molecule has 1 heterocycles. The van der Waals surface area contributed by atoms with E-state index in [9.17, 15) is 0 Å². The standard InChI is InChI=1S/C10H10N2OS/c1-14-10-8(6-11)12-5-4-9(10)13-7-2-3-7/h4-5,7H,2-3H2,1H3. The second-order valence-electron chi connectivity index (χ2n) is 3.12. The number of thioether (sulfide) groups is 1. The van der Waals surface area contributed by atoms with Gasteiger partial charge in [0, 0.05) is 6.20 Å². The lowest BCUT2D eigenvalue weighted by atomic mass is 10.3. The highest BCUT2D eigenvalue weighted by Crippen LogP contribution is 2.34. The van der Waals surface area contributed by atoms with Crippen molar-refractivity contribution in [2.75, 3.05) is 6.26 Å². The molecule has 1 aliphatic rings. The fourth-order valence-corrected chi connectivity index (χ4v) is 1.77. The predicted octanol–water partition coefficient (Wildman–Crippen LogP) is 2.22. The zero-order valence-corrected chi connectivity index (χ0v) is 8.67. The van der Waals surface area contributed by atoms with Crippen LogP contribution in [0.5, 0.6) is 5.75 Å². The molecule has 1 aromatic heterocycles. The molecule has 0 spiro atoms. The van der Waals surface area contributed by atoms with Crippen molar-refractivity contribution in [1.82, 2.24) is 4.98 Å². The summed E-state index contributed by atoms with van der Waals surface area (Å²) < 4.78 is 5.68. The van der Waals surface area contributed by atoms with Gasteiger partial charge in [-0.3, -0.25) is 0 Å². The third kappa shape index (κ3) is 1.83. The van der Waals surface area contributed by atoms with Gasteiger partial charge in [0.05, 0.1) is 11.0 Å². The monoisotopic (exact) mass is 206 g/mol. The normalized spacial score (nSPS) is 14.9. The van der Waals surface area contributed by atoms with E-state index in [0.717, 1.165) is 23.5 Å². The van der Waals surface area contributed by atoms with Crippen molar-refractivity contribution in [2.24, 2.45) is 0 Å². The third-order valence-electron chi connectivity index (χ3n) is 2.00. The molecule has 0 N–H and O–H groups in total. The van der Waals surface area contributed by atoms with Gasteiger partial charge in [-0.05, 0) is 25.2 Å². The van der Waals surface area contributed by atoms with E-state index in [4.69, 9.17) is 10.00 Å². The summed E-state index contributed by atoms with van der Waals surface area (Å²) in [6.07, 6.45) is 6.15. The minimum Gasteiger partial charge on any atom is -0.489 e. The molecule has 0 unspecified atom stereocenters. The number of rotatable bonds is 3. The average molecular weight is 206 g/mol. The first-order valence-electron chi connectivity index (χ1n) is 4.45. The largest absolute Gasteiger partial charge is 0.489 e. The van der Waals surface area contributed by atoms with Gasteiger partial charge in [-0.25, -0.2) is 4.98 Å². The quantitative estimate of drug-likeness (QED) is 0.711. The van der Waals surface area contributed by atoms with Crippen LogP contribution in [0.15, 0.2) is 17.2 Å². The maximum absolute atomic E-state index is 8.84. The Morgan fingerprint density at radius 3 is 3.00 bits per heavy atom. The van der Waals surface area contributed by atoms with Crippen molar-refractivity contribution >= 4 is 11.8 Å². The molecule has 0 amide bonds. The van der Waals surface area contributed by atoms with Crippen LogP contribution in [-0.4, -0.2) is 17.3 Å². The molecular formula is C10H10N2OS. The Labute approximate surface area is 87.1 Å². The summed E-state index contributed by atoms with van der Waals surface area (Å²) in [7, 11) is 0. The van der Waals surface area contributed by atoms with E-state index in [-0.39, 0.29) is 0 Å². The summed E-state index contributed by atoms with van der Waals surface area (Å²) in [4.78, 5) is 4.84. The van der Waals surface area contributed by atoms with Crippen LogP contribution in [0.1, 0.15) is 18.5 Å². The number of nitrogens with zero attached hydrogens (tertiary/aromatic N) is 2. The molecule has 72 valence electrons. The second kappa shape index (κ2) is 3.89. The third-order valence-corrected chi connectivity index (χ3v) is 2.80. The fraction of sp³-hybridized carbons (Fsp3) is 0.400. The van der Waals surface area contributed by atoms with Gasteiger partial charge in [0.15, 0.2) is 5.69 Å². The van der Waals surface area contributed by atoms with Crippen LogP contribution >= 0.6 is 11.8 Å². The maximum atomic E-state index is 8.84. The van der Waals surface area contributed by atoms with Crippen molar-refractivity contribution in [1.29, 1.82) is 5.26 Å². The molecule has 0 aromatic carbocycles. The van der Waals surface area contributed by atoms with Gasteiger partial charge in [-0.2, -0.15) is 5.26 Å². The Morgan fingerprint density at radius 2 is 2.43 bits per heavy atom. The SMILES string of the molecule is CSc1c(OC2CC2)ccnc1C#N. The van der Waals surface area contributed by atoms with Crippen molar-refractivity contribution in [3.05, 3.63) is 18.0 Å². The summed E-state index contributed by atoms with van der Waals surface area (Å²) in [5.41, 5.74) is 0.454. The van der Waals surface area contributed by atoms with Crippen molar-refractivity contribution in [2.45, 2.75) is 23.8 Å². The van der Waals surface area contributed by atoms with E-state index >= 15 is 0 Å². The van der Waals surface area contributed by atoms with Crippen LogP contribution in [0.4, 0.5) is 0 Å². The van der Waals surface area contributed by atoms with Gasteiger partial charge in [-0.1, -0.05) is 0 Å². The van der Waals surface area contributed by atoms with Crippen molar-refractivity contribution < 1.29 is 4.74 Å². The van der Waals surface area contributed by atoms with Crippen LogP contribution in [0.2, 0.25) is 0 Å². The summed E-state index contributed by atoms with van der Waals surface area (Å²) >= 11 is 1.51. The molecule has 0 saturated heterocycles. The predicted molar refractivity (Wildman–Crippen MR) is 54.4 cm³/mol. The molecule has 3 nitrogen and oxygen atoms in total. The zero-order valence-electron chi connectivity index (χ0n) is 7.86. The molecule has 1 saturated carbocycles. The molecule has 14 heavy (non-hydrogen) atoms. The molecule has 1 aliphatic carbocycles. The van der Waals surface area contributed by atoms with Gasteiger partial charge in [0.2, 0.25) is 0 Å². The lowest BCUT2D eigenvalue weighted by Gasteiger charge is -2.08. The summed E-state index contributed by atoms with van der Waals surface area (Å²) in [5.74, 6) is 0.798. The number of ether oxygens (including phenoxy) is 1. The second-order valence-corrected chi connectivity index (χ2v) is 3.94. The minimum atomic E-state index is 0.356. The van der Waals surface area contributed by atoms with Gasteiger partial charge in [0.25, 0.3) is 0 Å². The molecule has 2 rings (SSSR count).